The van der Waals surface area contributed by atoms with Crippen LogP contribution < -0.4 is 10.6 Å². The molecule has 0 aliphatic carbocycles. The molecule has 0 aliphatic heterocycles. The third-order valence-corrected chi connectivity index (χ3v) is 2.65. The van der Waals surface area contributed by atoms with E-state index in [9.17, 15) is 9.59 Å². The number of rotatable bonds is 7. The average Bonchev–Trinajstić information content (AvgIpc) is 2.37. The zero-order chi connectivity index (χ0) is 15.1. The van der Waals surface area contributed by atoms with Gasteiger partial charge in [-0.2, -0.15) is 0 Å². The highest BCUT2D eigenvalue weighted by Gasteiger charge is 2.18. The van der Waals surface area contributed by atoms with Crippen LogP contribution in [0.15, 0.2) is 12.4 Å². The van der Waals surface area contributed by atoms with E-state index in [0.29, 0.717) is 23.9 Å². The number of carbonyl (C=O) groups excluding carboxylic acids is 1. The molecular weight excluding hydrogens is 260 g/mol. The molecule has 1 amide bonds. The summed E-state index contributed by atoms with van der Waals surface area (Å²) in [4.78, 5) is 30.7. The predicted molar refractivity (Wildman–Crippen MR) is 74.5 cm³/mol. The van der Waals surface area contributed by atoms with E-state index in [-0.39, 0.29) is 12.3 Å². The Balaban J connectivity index is 2.70. The molecule has 1 rings (SSSR count). The van der Waals surface area contributed by atoms with Gasteiger partial charge < -0.3 is 15.7 Å². The molecule has 3 N–H and O–H groups in total. The summed E-state index contributed by atoms with van der Waals surface area (Å²) in [6.07, 6.45) is 3.32. The van der Waals surface area contributed by atoms with E-state index in [1.165, 1.54) is 12.4 Å². The normalized spacial score (nSPS) is 12.0. The molecule has 1 aromatic rings. The van der Waals surface area contributed by atoms with Crippen molar-refractivity contribution in [3.8, 4) is 0 Å². The number of nitrogens with zero attached hydrogens (tertiary/aromatic N) is 2. The Kier molecular flexibility index (Phi) is 5.89. The molecule has 1 aromatic heterocycles. The SMILES string of the molecule is CNc1ncc(C(=O)N[C@@H](CC(=O)O)CC(C)C)cn1. The second-order valence-corrected chi connectivity index (χ2v) is 4.94. The molecule has 7 heteroatoms. The largest absolute Gasteiger partial charge is 0.481 e. The summed E-state index contributed by atoms with van der Waals surface area (Å²) in [5, 5.41) is 14.3. The standard InChI is InChI=1S/C13H20N4O3/c1-8(2)4-10(5-11(18)19)17-12(20)9-6-15-13(14-3)16-7-9/h6-8,10H,4-5H2,1-3H3,(H,17,20)(H,18,19)(H,14,15,16)/t10-/m1/s1. The van der Waals surface area contributed by atoms with Crippen LogP contribution in [0.2, 0.25) is 0 Å². The Labute approximate surface area is 117 Å². The minimum Gasteiger partial charge on any atom is -0.481 e. The number of anilines is 1. The highest BCUT2D eigenvalue weighted by molar-refractivity contribution is 5.94. The Morgan fingerprint density at radius 3 is 2.35 bits per heavy atom. The molecule has 0 aliphatic rings. The molecule has 0 saturated carbocycles. The van der Waals surface area contributed by atoms with Crippen LogP contribution in [0.25, 0.3) is 0 Å². The lowest BCUT2D eigenvalue weighted by molar-refractivity contribution is -0.137. The molecule has 0 saturated heterocycles. The summed E-state index contributed by atoms with van der Waals surface area (Å²) in [5.74, 6) is -0.578. The summed E-state index contributed by atoms with van der Waals surface area (Å²) in [7, 11) is 1.68. The number of nitrogens with one attached hydrogen (secondary N) is 2. The van der Waals surface area contributed by atoms with Gasteiger partial charge in [0.25, 0.3) is 5.91 Å². The van der Waals surface area contributed by atoms with E-state index >= 15 is 0 Å². The van der Waals surface area contributed by atoms with Crippen molar-refractivity contribution in [2.24, 2.45) is 5.92 Å². The molecule has 0 radical (unpaired) electrons. The predicted octanol–water partition coefficient (Wildman–Crippen LogP) is 1.14. The molecule has 0 fully saturated rings. The second kappa shape index (κ2) is 7.42. The van der Waals surface area contributed by atoms with Gasteiger partial charge in [0.1, 0.15) is 0 Å². The fourth-order valence-corrected chi connectivity index (χ4v) is 1.82. The highest BCUT2D eigenvalue weighted by atomic mass is 16.4. The average molecular weight is 280 g/mol. The molecule has 110 valence electrons. The van der Waals surface area contributed by atoms with Gasteiger partial charge >= 0.3 is 5.97 Å². The van der Waals surface area contributed by atoms with Crippen molar-refractivity contribution in [1.29, 1.82) is 0 Å². The van der Waals surface area contributed by atoms with Gasteiger partial charge in [-0.05, 0) is 12.3 Å². The first-order valence-electron chi connectivity index (χ1n) is 6.44. The van der Waals surface area contributed by atoms with Gasteiger partial charge in [0.2, 0.25) is 5.95 Å². The Morgan fingerprint density at radius 2 is 1.90 bits per heavy atom. The van der Waals surface area contributed by atoms with E-state index in [1.54, 1.807) is 7.05 Å². The van der Waals surface area contributed by atoms with Gasteiger partial charge in [-0.15, -0.1) is 0 Å². The van der Waals surface area contributed by atoms with Crippen LogP contribution >= 0.6 is 0 Å². The Morgan fingerprint density at radius 1 is 1.30 bits per heavy atom. The van der Waals surface area contributed by atoms with E-state index in [2.05, 4.69) is 20.6 Å². The number of amides is 1. The number of hydrogen-bond acceptors (Lipinski definition) is 5. The van der Waals surface area contributed by atoms with Crippen molar-refractivity contribution >= 4 is 17.8 Å². The summed E-state index contributed by atoms with van der Waals surface area (Å²) in [5.41, 5.74) is 0.308. The molecule has 1 heterocycles. The smallest absolute Gasteiger partial charge is 0.305 e. The monoisotopic (exact) mass is 280 g/mol. The highest BCUT2D eigenvalue weighted by Crippen LogP contribution is 2.09. The third-order valence-electron chi connectivity index (χ3n) is 2.65. The molecule has 0 spiro atoms. The van der Waals surface area contributed by atoms with Gasteiger partial charge in [0.05, 0.1) is 12.0 Å². The molecule has 1 atom stereocenters. The first-order chi connectivity index (χ1) is 9.42. The van der Waals surface area contributed by atoms with Crippen LogP contribution in [-0.4, -0.2) is 40.0 Å². The summed E-state index contributed by atoms with van der Waals surface area (Å²) in [6.45, 7) is 3.96. The lowest BCUT2D eigenvalue weighted by Crippen LogP contribution is -2.37. The topological polar surface area (TPSA) is 104 Å². The molecule has 0 unspecified atom stereocenters. The lowest BCUT2D eigenvalue weighted by Gasteiger charge is -2.18. The number of carboxylic acids is 1. The van der Waals surface area contributed by atoms with Crippen molar-refractivity contribution in [2.75, 3.05) is 12.4 Å². The number of carboxylic acid groups (broad SMARTS) is 1. The molecule has 0 aromatic carbocycles. The van der Waals surface area contributed by atoms with Gasteiger partial charge in [-0.25, -0.2) is 9.97 Å². The van der Waals surface area contributed by atoms with Crippen LogP contribution in [0.3, 0.4) is 0 Å². The minimum atomic E-state index is -0.933. The van der Waals surface area contributed by atoms with Crippen molar-refractivity contribution in [1.82, 2.24) is 15.3 Å². The maximum absolute atomic E-state index is 12.0. The van der Waals surface area contributed by atoms with Crippen molar-refractivity contribution in [3.05, 3.63) is 18.0 Å². The van der Waals surface area contributed by atoms with Crippen LogP contribution in [-0.2, 0) is 4.79 Å². The molecule has 20 heavy (non-hydrogen) atoms. The van der Waals surface area contributed by atoms with Gasteiger partial charge in [0.15, 0.2) is 0 Å². The first kappa shape index (κ1) is 15.9. The number of aromatic nitrogens is 2. The molecule has 0 bridgehead atoms. The molecule has 7 nitrogen and oxygen atoms in total. The number of aliphatic carboxylic acids is 1. The van der Waals surface area contributed by atoms with E-state index < -0.39 is 12.0 Å². The zero-order valence-electron chi connectivity index (χ0n) is 11.9. The number of carbonyl (C=O) groups is 2. The first-order valence-corrected chi connectivity index (χ1v) is 6.44. The van der Waals surface area contributed by atoms with Crippen LogP contribution in [0.1, 0.15) is 37.0 Å². The van der Waals surface area contributed by atoms with E-state index in [4.69, 9.17) is 5.11 Å². The molecular formula is C13H20N4O3. The van der Waals surface area contributed by atoms with Crippen LogP contribution in [0.5, 0.6) is 0 Å². The maximum Gasteiger partial charge on any atom is 0.305 e. The fourth-order valence-electron chi connectivity index (χ4n) is 1.82. The Hall–Kier alpha value is -2.18. The summed E-state index contributed by atoms with van der Waals surface area (Å²) in [6, 6.07) is -0.399. The third kappa shape index (κ3) is 5.21. The van der Waals surface area contributed by atoms with Gasteiger partial charge in [0, 0.05) is 25.5 Å². The summed E-state index contributed by atoms with van der Waals surface area (Å²) >= 11 is 0. The van der Waals surface area contributed by atoms with E-state index in [1.807, 2.05) is 13.8 Å². The summed E-state index contributed by atoms with van der Waals surface area (Å²) < 4.78 is 0. The van der Waals surface area contributed by atoms with Crippen molar-refractivity contribution in [2.45, 2.75) is 32.7 Å². The van der Waals surface area contributed by atoms with Crippen molar-refractivity contribution in [3.63, 3.8) is 0 Å². The maximum atomic E-state index is 12.0. The van der Waals surface area contributed by atoms with Gasteiger partial charge in [-0.3, -0.25) is 9.59 Å². The zero-order valence-corrected chi connectivity index (χ0v) is 11.9. The fraction of sp³-hybridized carbons (Fsp3) is 0.538. The second-order valence-electron chi connectivity index (χ2n) is 4.94. The lowest BCUT2D eigenvalue weighted by atomic mass is 10.0. The Bertz CT molecular complexity index is 459. The number of hydrogen-bond donors (Lipinski definition) is 3. The minimum absolute atomic E-state index is 0.0978. The van der Waals surface area contributed by atoms with Crippen LogP contribution in [0, 0.1) is 5.92 Å². The van der Waals surface area contributed by atoms with E-state index in [0.717, 1.165) is 0 Å². The van der Waals surface area contributed by atoms with Crippen molar-refractivity contribution < 1.29 is 14.7 Å². The van der Waals surface area contributed by atoms with Crippen LogP contribution in [0.4, 0.5) is 5.95 Å². The quantitative estimate of drug-likeness (QED) is 0.692. The van der Waals surface area contributed by atoms with Gasteiger partial charge in [-0.1, -0.05) is 13.8 Å².